The Labute approximate surface area is 175 Å². The van der Waals surface area contributed by atoms with E-state index in [1.54, 1.807) is 25.6 Å². The third kappa shape index (κ3) is 2.58. The van der Waals surface area contributed by atoms with Crippen LogP contribution in [0.5, 0.6) is 5.75 Å². The molecule has 30 heavy (non-hydrogen) atoms. The van der Waals surface area contributed by atoms with Gasteiger partial charge in [0.15, 0.2) is 0 Å². The number of hydrogen-bond donors (Lipinski definition) is 1. The molecule has 156 valence electrons. The van der Waals surface area contributed by atoms with Crippen molar-refractivity contribution in [1.29, 1.82) is 0 Å². The van der Waals surface area contributed by atoms with Crippen molar-refractivity contribution in [3.8, 4) is 5.75 Å². The Morgan fingerprint density at radius 1 is 1.27 bits per heavy atom. The number of benzene rings is 1. The van der Waals surface area contributed by atoms with Crippen LogP contribution in [0.2, 0.25) is 0 Å². The summed E-state index contributed by atoms with van der Waals surface area (Å²) in [6.45, 7) is 2.16. The maximum absolute atomic E-state index is 12.9. The summed E-state index contributed by atoms with van der Waals surface area (Å²) in [6, 6.07) is 9.67. The smallest absolute Gasteiger partial charge is 0.255 e. The lowest BCUT2D eigenvalue weighted by atomic mass is 9.68. The molecule has 0 saturated carbocycles. The van der Waals surface area contributed by atoms with Gasteiger partial charge in [0.2, 0.25) is 0 Å². The van der Waals surface area contributed by atoms with Crippen LogP contribution in [0.4, 0.5) is 0 Å². The topological polar surface area (TPSA) is 70.8 Å². The number of amides is 1. The van der Waals surface area contributed by atoms with Crippen molar-refractivity contribution >= 4 is 16.8 Å². The van der Waals surface area contributed by atoms with E-state index in [1.165, 1.54) is 10.9 Å². The number of likely N-dealkylation sites (N-methyl/N-ethyl adjacent to an activating group) is 1. The molecule has 1 atom stereocenters. The van der Waals surface area contributed by atoms with E-state index < -0.39 is 0 Å². The summed E-state index contributed by atoms with van der Waals surface area (Å²) < 4.78 is 7.62. The molecule has 0 bridgehead atoms. The van der Waals surface area contributed by atoms with Crippen LogP contribution in [0.3, 0.4) is 0 Å². The molecule has 2 aromatic heterocycles. The van der Waals surface area contributed by atoms with Crippen LogP contribution in [0.15, 0.2) is 42.7 Å². The van der Waals surface area contributed by atoms with E-state index in [1.807, 2.05) is 30.1 Å². The third-order valence-electron chi connectivity index (χ3n) is 6.74. The molecule has 7 nitrogen and oxygen atoms in total. The van der Waals surface area contributed by atoms with Gasteiger partial charge in [0.05, 0.1) is 30.8 Å². The number of fused-ring (bicyclic) bond motifs is 4. The number of ether oxygens (including phenoxy) is 1. The predicted molar refractivity (Wildman–Crippen MR) is 114 cm³/mol. The molecule has 1 fully saturated rings. The van der Waals surface area contributed by atoms with Gasteiger partial charge in [-0.25, -0.2) is 0 Å². The van der Waals surface area contributed by atoms with E-state index in [9.17, 15) is 9.90 Å². The van der Waals surface area contributed by atoms with Gasteiger partial charge in [-0.3, -0.25) is 14.7 Å². The zero-order valence-corrected chi connectivity index (χ0v) is 17.5. The minimum Gasteiger partial charge on any atom is -0.497 e. The Morgan fingerprint density at radius 2 is 2.07 bits per heavy atom. The lowest BCUT2D eigenvalue weighted by Crippen LogP contribution is -2.67. The first-order valence-electron chi connectivity index (χ1n) is 10.2. The van der Waals surface area contributed by atoms with Crippen LogP contribution in [0.25, 0.3) is 10.9 Å². The van der Waals surface area contributed by atoms with Crippen LogP contribution in [-0.4, -0.2) is 70.8 Å². The van der Waals surface area contributed by atoms with Crippen molar-refractivity contribution in [2.75, 3.05) is 40.4 Å². The molecule has 3 aromatic rings. The SMILES string of the molecule is COc1ccc2c3c(n(C)c2c1)[C@@H](CO)N(C)CC31CN(C(=O)c2cccnc2)C1. The van der Waals surface area contributed by atoms with Crippen molar-refractivity contribution in [1.82, 2.24) is 19.4 Å². The highest BCUT2D eigenvalue weighted by Crippen LogP contribution is 2.49. The number of aryl methyl sites for hydroxylation is 1. The second-order valence-corrected chi connectivity index (χ2v) is 8.50. The largest absolute Gasteiger partial charge is 0.497 e. The number of carbonyl (C=O) groups excluding carboxylic acids is 1. The van der Waals surface area contributed by atoms with Crippen molar-refractivity contribution in [2.45, 2.75) is 11.5 Å². The van der Waals surface area contributed by atoms with Gasteiger partial charge in [0, 0.05) is 61.6 Å². The van der Waals surface area contributed by atoms with Crippen molar-refractivity contribution in [3.63, 3.8) is 0 Å². The van der Waals surface area contributed by atoms with Gasteiger partial charge in [-0.15, -0.1) is 0 Å². The maximum Gasteiger partial charge on any atom is 0.255 e. The molecule has 1 aromatic carbocycles. The van der Waals surface area contributed by atoms with E-state index >= 15 is 0 Å². The van der Waals surface area contributed by atoms with Crippen LogP contribution in [0, 0.1) is 0 Å². The number of hydrogen-bond acceptors (Lipinski definition) is 5. The minimum absolute atomic E-state index is 0.0177. The quantitative estimate of drug-likeness (QED) is 0.720. The Hall–Kier alpha value is -2.90. The standard InChI is InChI=1S/C23H26N4O3/c1-25-12-23(13-27(14-23)22(29)15-5-4-8-24-10-15)20-17-7-6-16(30-3)9-18(17)26(2)21(20)19(25)11-28/h4-10,19,28H,11-14H2,1-3H3/t19-/m1/s1. The number of rotatable bonds is 3. The molecule has 1 spiro atoms. The summed E-state index contributed by atoms with van der Waals surface area (Å²) in [6.07, 6.45) is 3.30. The zero-order chi connectivity index (χ0) is 21.0. The van der Waals surface area contributed by atoms with Gasteiger partial charge in [-0.2, -0.15) is 0 Å². The molecule has 0 unspecified atom stereocenters. The summed E-state index contributed by atoms with van der Waals surface area (Å²) in [5.41, 5.74) is 3.94. The second kappa shape index (κ2) is 6.82. The van der Waals surface area contributed by atoms with Crippen LogP contribution >= 0.6 is 0 Å². The first-order chi connectivity index (χ1) is 14.5. The maximum atomic E-state index is 12.9. The Bertz CT molecular complexity index is 1120. The number of aromatic nitrogens is 2. The van der Waals surface area contributed by atoms with E-state index in [-0.39, 0.29) is 24.0 Å². The average molecular weight is 406 g/mol. The summed E-state index contributed by atoms with van der Waals surface area (Å²) in [5.74, 6) is 0.828. The molecule has 4 heterocycles. The first kappa shape index (κ1) is 19.1. The summed E-state index contributed by atoms with van der Waals surface area (Å²) >= 11 is 0. The molecule has 2 aliphatic rings. The van der Waals surface area contributed by atoms with Gasteiger partial charge >= 0.3 is 0 Å². The number of aliphatic hydroxyl groups is 1. The fourth-order valence-electron chi connectivity index (χ4n) is 5.37. The Balaban J connectivity index is 1.59. The molecule has 5 rings (SSSR count). The summed E-state index contributed by atoms with van der Waals surface area (Å²) in [4.78, 5) is 21.1. The highest BCUT2D eigenvalue weighted by molar-refractivity contribution is 5.95. The van der Waals surface area contributed by atoms with Gasteiger partial charge in [0.1, 0.15) is 5.75 Å². The molecule has 7 heteroatoms. The van der Waals surface area contributed by atoms with E-state index in [0.29, 0.717) is 18.7 Å². The molecular weight excluding hydrogens is 380 g/mol. The zero-order valence-electron chi connectivity index (χ0n) is 17.5. The lowest BCUT2D eigenvalue weighted by Gasteiger charge is -2.55. The minimum atomic E-state index is -0.151. The number of methoxy groups -OCH3 is 1. The third-order valence-corrected chi connectivity index (χ3v) is 6.74. The van der Waals surface area contributed by atoms with E-state index in [0.717, 1.165) is 23.5 Å². The van der Waals surface area contributed by atoms with Crippen molar-refractivity contribution in [3.05, 3.63) is 59.5 Å². The average Bonchev–Trinajstić information content (AvgIpc) is 3.04. The number of pyridine rings is 1. The molecule has 1 saturated heterocycles. The fraction of sp³-hybridized carbons (Fsp3) is 0.391. The normalized spacial score (nSPS) is 20.3. The van der Waals surface area contributed by atoms with Crippen LogP contribution in [-0.2, 0) is 12.5 Å². The molecule has 1 N–H and O–H groups in total. The Morgan fingerprint density at radius 3 is 2.73 bits per heavy atom. The highest BCUT2D eigenvalue weighted by Gasteiger charge is 2.53. The van der Waals surface area contributed by atoms with Crippen LogP contribution in [0.1, 0.15) is 27.7 Å². The number of aliphatic hydroxyl groups excluding tert-OH is 1. The lowest BCUT2D eigenvalue weighted by molar-refractivity contribution is 0.00759. The molecule has 2 aliphatic heterocycles. The van der Waals surface area contributed by atoms with Gasteiger partial charge in [-0.05, 0) is 36.9 Å². The molecule has 0 radical (unpaired) electrons. The van der Waals surface area contributed by atoms with Crippen molar-refractivity contribution < 1.29 is 14.6 Å². The van der Waals surface area contributed by atoms with Gasteiger partial charge in [-0.1, -0.05) is 0 Å². The number of likely N-dealkylation sites (tertiary alicyclic amines) is 1. The fourth-order valence-corrected chi connectivity index (χ4v) is 5.37. The number of nitrogens with zero attached hydrogens (tertiary/aromatic N) is 4. The van der Waals surface area contributed by atoms with Gasteiger partial charge in [0.25, 0.3) is 5.91 Å². The van der Waals surface area contributed by atoms with Crippen molar-refractivity contribution in [2.24, 2.45) is 7.05 Å². The highest BCUT2D eigenvalue weighted by atomic mass is 16.5. The van der Waals surface area contributed by atoms with E-state index in [2.05, 4.69) is 27.6 Å². The number of carbonyl (C=O) groups is 1. The van der Waals surface area contributed by atoms with Crippen LogP contribution < -0.4 is 4.74 Å². The Kier molecular flexibility index (Phi) is 4.34. The predicted octanol–water partition coefficient (Wildman–Crippen LogP) is 1.95. The molecule has 1 amide bonds. The molecule has 0 aliphatic carbocycles. The second-order valence-electron chi connectivity index (χ2n) is 8.50. The summed E-state index contributed by atoms with van der Waals surface area (Å²) in [5, 5.41) is 11.3. The molecular formula is C23H26N4O3. The van der Waals surface area contributed by atoms with E-state index in [4.69, 9.17) is 4.74 Å². The van der Waals surface area contributed by atoms with Gasteiger partial charge < -0.3 is 19.3 Å². The monoisotopic (exact) mass is 406 g/mol. The first-order valence-corrected chi connectivity index (χ1v) is 10.2. The summed E-state index contributed by atoms with van der Waals surface area (Å²) in [7, 11) is 5.77.